The third kappa shape index (κ3) is 7.57. The molecule has 0 saturated heterocycles. The fraction of sp³-hybridized carbons (Fsp3) is 0.176. The number of rotatable bonds is 0. The molecule has 6 aromatic heterocycles. The molecule has 8 rings (SSSR count). The summed E-state index contributed by atoms with van der Waals surface area (Å²) in [5, 5.41) is 2.20. The van der Waals surface area contributed by atoms with Crippen LogP contribution < -0.4 is 22.9 Å². The lowest BCUT2D eigenvalue weighted by Gasteiger charge is -2.01. The second kappa shape index (κ2) is 13.9. The van der Waals surface area contributed by atoms with Crippen LogP contribution in [-0.2, 0) is 6.42 Å². The van der Waals surface area contributed by atoms with Crippen molar-refractivity contribution in [3.63, 3.8) is 0 Å². The number of hydrogen-bond donors (Lipinski definition) is 5. The molecule has 232 valence electrons. The number of imidazole rings is 1. The molecule has 0 radical (unpaired) electrons. The number of furan rings is 1. The Balaban J connectivity index is 0.000000136. The Bertz CT molecular complexity index is 1920. The van der Waals surface area contributed by atoms with Crippen molar-refractivity contribution in [1.82, 2.24) is 24.9 Å². The molecule has 1 aliphatic carbocycles. The van der Waals surface area contributed by atoms with Crippen molar-refractivity contribution >= 4 is 72.6 Å². The first kappa shape index (κ1) is 32.5. The predicted molar refractivity (Wildman–Crippen MR) is 190 cm³/mol. The average molecular weight is 622 g/mol. The standard InChI is InChI=1S/C10H11N.C8H8N2O.C8H8N2S.C7H8N4.CH4/c1-7-5-8-3-2-4-10(11)9(8)6-7;2*1-5-4-6-2-3-10-8(9)7(6)11-5;1-4-10-5-2-3-9-7(8)6(5)11-4;/h2-5H,6,11H2,1H3;2*2-4H,1H3,(H2,9,10);2-3H,1H3,(H2,8,9)(H,10,11);1H4. The highest BCUT2D eigenvalue weighted by Crippen LogP contribution is 2.29. The Kier molecular flexibility index (Phi) is 10.0. The topological polar surface area (TPSA) is 185 Å². The molecule has 1 aromatic carbocycles. The van der Waals surface area contributed by atoms with Crippen LogP contribution in [0.5, 0.6) is 0 Å². The van der Waals surface area contributed by atoms with E-state index in [-0.39, 0.29) is 7.43 Å². The summed E-state index contributed by atoms with van der Waals surface area (Å²) >= 11 is 1.69. The fourth-order valence-electron chi connectivity index (χ4n) is 4.87. The molecule has 9 N–H and O–H groups in total. The molecule has 0 bridgehead atoms. The number of H-pyrrole nitrogens is 1. The number of allylic oxidation sites excluding steroid dienone is 1. The third-order valence-corrected chi connectivity index (χ3v) is 7.91. The van der Waals surface area contributed by atoms with E-state index in [0.717, 1.165) is 44.8 Å². The SMILES string of the molecule is C.CC1=Cc2cccc(N)c2C1.Cc1cc2ccnc(N)c2o1.Cc1cc2ccnc(N)c2s1.Cc1nc2c(N)nccc2[nH]1. The monoisotopic (exact) mass is 621 g/mol. The molecule has 0 spiro atoms. The van der Waals surface area contributed by atoms with Gasteiger partial charge in [-0.3, -0.25) is 0 Å². The van der Waals surface area contributed by atoms with Gasteiger partial charge in [0.25, 0.3) is 0 Å². The van der Waals surface area contributed by atoms with Crippen LogP contribution in [0, 0.1) is 20.8 Å². The Hall–Kier alpha value is -5.42. The van der Waals surface area contributed by atoms with Crippen LogP contribution in [0.25, 0.3) is 38.2 Å². The minimum atomic E-state index is 0. The summed E-state index contributed by atoms with van der Waals surface area (Å²) in [6.07, 6.45) is 8.30. The van der Waals surface area contributed by atoms with Gasteiger partial charge in [0.15, 0.2) is 17.2 Å². The second-order valence-electron chi connectivity index (χ2n) is 10.4. The number of thiophene rings is 1. The molecular formula is C34H39N9OS. The molecule has 0 fully saturated rings. The van der Waals surface area contributed by atoms with Crippen LogP contribution in [-0.4, -0.2) is 24.9 Å². The lowest BCUT2D eigenvalue weighted by atomic mass is 10.1. The van der Waals surface area contributed by atoms with Crippen LogP contribution in [0.3, 0.4) is 0 Å². The largest absolute Gasteiger partial charge is 0.457 e. The van der Waals surface area contributed by atoms with Crippen molar-refractivity contribution in [2.75, 3.05) is 22.9 Å². The lowest BCUT2D eigenvalue weighted by Crippen LogP contribution is -1.92. The van der Waals surface area contributed by atoms with E-state index in [1.54, 1.807) is 29.9 Å². The van der Waals surface area contributed by atoms with Crippen LogP contribution in [0.4, 0.5) is 23.1 Å². The number of hydrogen-bond acceptors (Lipinski definition) is 10. The van der Waals surface area contributed by atoms with Crippen molar-refractivity contribution in [3.8, 4) is 0 Å². The lowest BCUT2D eigenvalue weighted by molar-refractivity contribution is 0.578. The Morgan fingerprint density at radius 2 is 1.49 bits per heavy atom. The quantitative estimate of drug-likeness (QED) is 0.106. The number of pyridine rings is 3. The molecule has 0 unspecified atom stereocenters. The van der Waals surface area contributed by atoms with Crippen LogP contribution in [0.1, 0.15) is 41.9 Å². The summed E-state index contributed by atoms with van der Waals surface area (Å²) in [5.74, 6) is 3.29. The maximum absolute atomic E-state index is 5.80. The molecule has 6 heterocycles. The molecule has 11 heteroatoms. The zero-order valence-electron chi connectivity index (χ0n) is 25.1. The van der Waals surface area contributed by atoms with Gasteiger partial charge in [-0.2, -0.15) is 0 Å². The molecule has 45 heavy (non-hydrogen) atoms. The molecule has 10 nitrogen and oxygen atoms in total. The normalized spacial score (nSPS) is 11.3. The number of nitrogens with one attached hydrogen (secondary N) is 1. The summed E-state index contributed by atoms with van der Waals surface area (Å²) < 4.78 is 6.41. The third-order valence-electron chi connectivity index (χ3n) is 6.82. The van der Waals surface area contributed by atoms with Crippen molar-refractivity contribution in [2.24, 2.45) is 0 Å². The summed E-state index contributed by atoms with van der Waals surface area (Å²) in [4.78, 5) is 20.3. The number of nitrogens with zero attached hydrogens (tertiary/aromatic N) is 4. The van der Waals surface area contributed by atoms with Crippen molar-refractivity contribution in [3.05, 3.63) is 100 Å². The van der Waals surface area contributed by atoms with E-state index in [2.05, 4.69) is 57.0 Å². The number of nitrogen functional groups attached to an aromatic ring is 4. The number of aromatic amines is 1. The van der Waals surface area contributed by atoms with Gasteiger partial charge in [-0.1, -0.05) is 31.2 Å². The van der Waals surface area contributed by atoms with Gasteiger partial charge in [-0.15, -0.1) is 11.3 Å². The smallest absolute Gasteiger partial charge is 0.176 e. The fourth-order valence-corrected chi connectivity index (χ4v) is 5.78. The van der Waals surface area contributed by atoms with Gasteiger partial charge in [0, 0.05) is 34.5 Å². The molecular weight excluding hydrogens is 583 g/mol. The first-order chi connectivity index (χ1) is 21.1. The number of aromatic nitrogens is 5. The van der Waals surface area contributed by atoms with E-state index in [0.29, 0.717) is 23.0 Å². The zero-order valence-corrected chi connectivity index (χ0v) is 25.9. The highest BCUT2D eigenvalue weighted by atomic mass is 32.1. The Labute approximate surface area is 266 Å². The maximum atomic E-state index is 5.80. The molecule has 0 aliphatic heterocycles. The minimum Gasteiger partial charge on any atom is -0.457 e. The molecule has 1 aliphatic rings. The number of fused-ring (bicyclic) bond motifs is 4. The maximum Gasteiger partial charge on any atom is 0.176 e. The van der Waals surface area contributed by atoms with Gasteiger partial charge in [0.1, 0.15) is 22.9 Å². The van der Waals surface area contributed by atoms with Gasteiger partial charge < -0.3 is 32.3 Å². The van der Waals surface area contributed by atoms with E-state index in [4.69, 9.17) is 27.4 Å². The first-order valence-corrected chi connectivity index (χ1v) is 14.7. The van der Waals surface area contributed by atoms with Gasteiger partial charge in [-0.25, -0.2) is 19.9 Å². The van der Waals surface area contributed by atoms with E-state index < -0.39 is 0 Å². The van der Waals surface area contributed by atoms with Crippen molar-refractivity contribution in [1.29, 1.82) is 0 Å². The highest BCUT2D eigenvalue weighted by molar-refractivity contribution is 7.19. The summed E-state index contributed by atoms with van der Waals surface area (Å²) in [7, 11) is 0. The first-order valence-electron chi connectivity index (χ1n) is 13.9. The molecule has 7 aromatic rings. The van der Waals surface area contributed by atoms with Crippen LogP contribution in [0.15, 0.2) is 77.1 Å². The number of benzene rings is 1. The number of aryl methyl sites for hydroxylation is 3. The zero-order chi connectivity index (χ0) is 31.4. The molecule has 0 atom stereocenters. The van der Waals surface area contributed by atoms with E-state index in [9.17, 15) is 0 Å². The van der Waals surface area contributed by atoms with E-state index in [1.165, 1.54) is 27.0 Å². The predicted octanol–water partition coefficient (Wildman–Crippen LogP) is 7.62. The van der Waals surface area contributed by atoms with Crippen LogP contribution >= 0.6 is 11.3 Å². The van der Waals surface area contributed by atoms with Gasteiger partial charge in [0.05, 0.1) is 10.2 Å². The Morgan fingerprint density at radius 1 is 0.800 bits per heavy atom. The van der Waals surface area contributed by atoms with Gasteiger partial charge in [0.2, 0.25) is 0 Å². The van der Waals surface area contributed by atoms with Crippen molar-refractivity contribution in [2.45, 2.75) is 41.5 Å². The average Bonchev–Trinajstić information content (AvgIpc) is 3.75. The van der Waals surface area contributed by atoms with Gasteiger partial charge >= 0.3 is 0 Å². The summed E-state index contributed by atoms with van der Waals surface area (Å²) in [6.45, 7) is 7.99. The second-order valence-corrected chi connectivity index (χ2v) is 11.7. The van der Waals surface area contributed by atoms with E-state index in [1.807, 2.05) is 50.2 Å². The van der Waals surface area contributed by atoms with Gasteiger partial charge in [-0.05, 0) is 87.0 Å². The molecule has 0 saturated carbocycles. The number of nitrogens with two attached hydrogens (primary N) is 4. The summed E-state index contributed by atoms with van der Waals surface area (Å²) in [6, 6.07) is 15.9. The number of anilines is 4. The summed E-state index contributed by atoms with van der Waals surface area (Å²) in [5.41, 5.74) is 29.9. The van der Waals surface area contributed by atoms with Crippen LogP contribution in [0.2, 0.25) is 0 Å². The Morgan fingerprint density at radius 3 is 2.18 bits per heavy atom. The minimum absolute atomic E-state index is 0. The van der Waals surface area contributed by atoms with E-state index >= 15 is 0 Å². The van der Waals surface area contributed by atoms with Crippen molar-refractivity contribution < 1.29 is 4.42 Å². The highest BCUT2D eigenvalue weighted by Gasteiger charge is 2.11. The molecule has 0 amide bonds.